The third-order valence-electron chi connectivity index (χ3n) is 6.59. The Morgan fingerprint density at radius 1 is 1.05 bits per heavy atom. The Hall–Kier alpha value is -4.99. The van der Waals surface area contributed by atoms with Gasteiger partial charge in [-0.1, -0.05) is 18.2 Å². The Bertz CT molecular complexity index is 1580. The smallest absolute Gasteiger partial charge is 0.248 e. The van der Waals surface area contributed by atoms with Crippen molar-refractivity contribution in [2.45, 2.75) is 25.4 Å². The zero-order valence-electron chi connectivity index (χ0n) is 20.6. The summed E-state index contributed by atoms with van der Waals surface area (Å²) in [5, 5.41) is 5.62. The van der Waals surface area contributed by atoms with E-state index in [1.807, 2.05) is 64.2 Å². The largest absolute Gasteiger partial charge is 0.457 e. The number of aromatic amines is 1. The minimum Gasteiger partial charge on any atom is -0.457 e. The van der Waals surface area contributed by atoms with E-state index in [0.717, 1.165) is 36.3 Å². The number of benzene rings is 2. The summed E-state index contributed by atoms with van der Waals surface area (Å²) in [7, 11) is 0. The van der Waals surface area contributed by atoms with Crippen LogP contribution in [0.5, 0.6) is 11.5 Å². The fourth-order valence-corrected chi connectivity index (χ4v) is 4.75. The lowest BCUT2D eigenvalue weighted by molar-refractivity contribution is -0.132. The molecule has 1 saturated heterocycles. The maximum atomic E-state index is 13.2. The van der Waals surface area contributed by atoms with Crippen molar-refractivity contribution in [3.05, 3.63) is 85.2 Å². The second-order valence-corrected chi connectivity index (χ2v) is 9.04. The normalized spacial score (nSPS) is 15.8. The third-order valence-corrected chi connectivity index (χ3v) is 6.59. The van der Waals surface area contributed by atoms with Crippen LogP contribution >= 0.6 is 0 Å². The van der Waals surface area contributed by atoms with Crippen LogP contribution < -0.4 is 10.5 Å². The molecule has 0 unspecified atom stereocenters. The lowest BCUT2D eigenvalue weighted by Crippen LogP contribution is -2.40. The predicted molar refractivity (Wildman–Crippen MR) is 144 cm³/mol. The average molecular weight is 507 g/mol. The second-order valence-electron chi connectivity index (χ2n) is 9.04. The summed E-state index contributed by atoms with van der Waals surface area (Å²) in [6.07, 6.45) is 10.3. The van der Waals surface area contributed by atoms with E-state index in [4.69, 9.17) is 15.6 Å². The number of hydrogen-bond acceptors (Lipinski definition) is 7. The molecule has 38 heavy (non-hydrogen) atoms. The fourth-order valence-electron chi connectivity index (χ4n) is 4.75. The molecule has 1 fully saturated rings. The topological polar surface area (TPSA) is 128 Å². The standard InChI is InChI=1S/C28H26N8O2/c29-27-25-26(19-9-12-22(13-10-19)38-21-6-2-1-3-7-21)34-36(28(25)33-18-32-27)23-8-4-5-15-35(23)24(37)14-11-20-16-30-17-31-20/h1-3,6-7,9-14,16-18,23H,4-5,8,15H2,(H,30,31)(H2,29,32,33)/b14-11+/t23-/m1/s1. The number of fused-ring (bicyclic) bond motifs is 1. The number of imidazole rings is 1. The van der Waals surface area contributed by atoms with E-state index in [9.17, 15) is 4.79 Å². The molecule has 1 amide bonds. The molecule has 10 nitrogen and oxygen atoms in total. The molecule has 5 aromatic rings. The number of nitrogens with one attached hydrogen (secondary N) is 1. The van der Waals surface area contributed by atoms with Crippen molar-refractivity contribution < 1.29 is 9.53 Å². The highest BCUT2D eigenvalue weighted by Crippen LogP contribution is 2.36. The highest BCUT2D eigenvalue weighted by molar-refractivity contribution is 5.98. The Labute approximate surface area is 218 Å². The van der Waals surface area contributed by atoms with Gasteiger partial charge < -0.3 is 20.4 Å². The zero-order valence-corrected chi connectivity index (χ0v) is 20.6. The summed E-state index contributed by atoms with van der Waals surface area (Å²) in [6.45, 7) is 0.625. The molecule has 3 N–H and O–H groups in total. The van der Waals surface area contributed by atoms with Crippen molar-refractivity contribution in [3.8, 4) is 22.8 Å². The van der Waals surface area contributed by atoms with Gasteiger partial charge in [0.05, 0.1) is 23.6 Å². The van der Waals surface area contributed by atoms with Crippen LogP contribution in [-0.4, -0.2) is 47.1 Å². The number of piperidine rings is 1. The molecule has 0 radical (unpaired) electrons. The zero-order chi connectivity index (χ0) is 25.9. The predicted octanol–water partition coefficient (Wildman–Crippen LogP) is 4.82. The number of hydrogen-bond donors (Lipinski definition) is 2. The number of aromatic nitrogens is 6. The molecule has 10 heteroatoms. The molecule has 4 heterocycles. The van der Waals surface area contributed by atoms with Crippen LogP contribution in [0.3, 0.4) is 0 Å². The van der Waals surface area contributed by atoms with Crippen LogP contribution in [0.2, 0.25) is 0 Å². The molecule has 6 rings (SSSR count). The number of para-hydroxylation sites is 1. The first kappa shape index (κ1) is 23.4. The Balaban J connectivity index is 1.35. The Morgan fingerprint density at radius 2 is 1.87 bits per heavy atom. The quantitative estimate of drug-likeness (QED) is 0.316. The first-order valence-corrected chi connectivity index (χ1v) is 12.5. The van der Waals surface area contributed by atoms with Gasteiger partial charge >= 0.3 is 0 Å². The molecular weight excluding hydrogens is 480 g/mol. The summed E-state index contributed by atoms with van der Waals surface area (Å²) in [4.78, 5) is 30.8. The summed E-state index contributed by atoms with van der Waals surface area (Å²) in [5.41, 5.74) is 9.21. The molecule has 0 aliphatic carbocycles. The van der Waals surface area contributed by atoms with Gasteiger partial charge in [0.15, 0.2) is 5.65 Å². The molecule has 1 aliphatic heterocycles. The molecule has 3 aromatic heterocycles. The number of ether oxygens (including phenoxy) is 1. The lowest BCUT2D eigenvalue weighted by Gasteiger charge is -2.35. The highest BCUT2D eigenvalue weighted by atomic mass is 16.5. The molecule has 0 saturated carbocycles. The molecule has 1 aliphatic rings. The van der Waals surface area contributed by atoms with E-state index < -0.39 is 0 Å². The maximum Gasteiger partial charge on any atom is 0.248 e. The van der Waals surface area contributed by atoms with E-state index in [1.54, 1.807) is 24.7 Å². The van der Waals surface area contributed by atoms with E-state index >= 15 is 0 Å². The number of carbonyl (C=O) groups is 1. The van der Waals surface area contributed by atoms with Gasteiger partial charge in [0.1, 0.15) is 35.5 Å². The van der Waals surface area contributed by atoms with Crippen LogP contribution in [0.1, 0.15) is 31.1 Å². The van der Waals surface area contributed by atoms with Crippen molar-refractivity contribution in [2.24, 2.45) is 0 Å². The van der Waals surface area contributed by atoms with E-state index in [2.05, 4.69) is 19.9 Å². The number of nitrogens with zero attached hydrogens (tertiary/aromatic N) is 6. The van der Waals surface area contributed by atoms with Gasteiger partial charge in [-0.3, -0.25) is 4.79 Å². The summed E-state index contributed by atoms with van der Waals surface area (Å²) in [6, 6.07) is 17.3. The summed E-state index contributed by atoms with van der Waals surface area (Å²) >= 11 is 0. The number of likely N-dealkylation sites (tertiary alicyclic amines) is 1. The number of rotatable bonds is 6. The number of anilines is 1. The van der Waals surface area contributed by atoms with Gasteiger partial charge in [0.2, 0.25) is 5.91 Å². The van der Waals surface area contributed by atoms with Gasteiger partial charge in [-0.25, -0.2) is 19.6 Å². The van der Waals surface area contributed by atoms with Gasteiger partial charge in [0.25, 0.3) is 0 Å². The van der Waals surface area contributed by atoms with Crippen molar-refractivity contribution in [3.63, 3.8) is 0 Å². The van der Waals surface area contributed by atoms with Crippen LogP contribution in [-0.2, 0) is 4.79 Å². The second kappa shape index (κ2) is 10.2. The van der Waals surface area contributed by atoms with Crippen molar-refractivity contribution in [2.75, 3.05) is 12.3 Å². The maximum absolute atomic E-state index is 13.2. The molecule has 0 bridgehead atoms. The molecule has 190 valence electrons. The highest BCUT2D eigenvalue weighted by Gasteiger charge is 2.31. The molecular formula is C28H26N8O2. The SMILES string of the molecule is Nc1ncnc2c1c(-c1ccc(Oc3ccccc3)cc1)nn2[C@@H]1CCCCN1C(=O)/C=C/c1cnc[nH]1. The molecule has 0 spiro atoms. The molecule has 2 aromatic carbocycles. The lowest BCUT2D eigenvalue weighted by atomic mass is 10.1. The Kier molecular flexibility index (Phi) is 6.27. The van der Waals surface area contributed by atoms with Crippen LogP contribution in [0.25, 0.3) is 28.4 Å². The van der Waals surface area contributed by atoms with Crippen molar-refractivity contribution in [1.29, 1.82) is 0 Å². The first-order chi connectivity index (χ1) is 18.7. The van der Waals surface area contributed by atoms with Gasteiger partial charge in [-0.05, 0) is 61.7 Å². The van der Waals surface area contributed by atoms with Gasteiger partial charge in [-0.15, -0.1) is 0 Å². The monoisotopic (exact) mass is 506 g/mol. The van der Waals surface area contributed by atoms with Crippen molar-refractivity contribution in [1.82, 2.24) is 34.6 Å². The number of amides is 1. The number of nitrogens with two attached hydrogens (primary N) is 1. The average Bonchev–Trinajstić information content (AvgIpc) is 3.62. The molecule has 1 atom stereocenters. The fraction of sp³-hybridized carbons (Fsp3) is 0.179. The Morgan fingerprint density at radius 3 is 2.66 bits per heavy atom. The number of nitrogen functional groups attached to an aromatic ring is 1. The van der Waals surface area contributed by atoms with Crippen LogP contribution in [0, 0.1) is 0 Å². The minimum atomic E-state index is -0.297. The van der Waals surface area contributed by atoms with Gasteiger partial charge in [-0.2, -0.15) is 5.10 Å². The van der Waals surface area contributed by atoms with Crippen LogP contribution in [0.15, 0.2) is 79.5 Å². The van der Waals surface area contributed by atoms with E-state index in [0.29, 0.717) is 34.8 Å². The van der Waals surface area contributed by atoms with Crippen molar-refractivity contribution >= 4 is 28.8 Å². The first-order valence-electron chi connectivity index (χ1n) is 12.5. The number of carbonyl (C=O) groups excluding carboxylic acids is 1. The minimum absolute atomic E-state index is 0.0982. The third kappa shape index (κ3) is 4.59. The summed E-state index contributed by atoms with van der Waals surface area (Å²) < 4.78 is 7.76. The number of H-pyrrole nitrogens is 1. The van der Waals surface area contributed by atoms with Crippen LogP contribution in [0.4, 0.5) is 5.82 Å². The van der Waals surface area contributed by atoms with E-state index in [-0.39, 0.29) is 12.1 Å². The van der Waals surface area contributed by atoms with Gasteiger partial charge in [0, 0.05) is 18.2 Å². The van der Waals surface area contributed by atoms with E-state index in [1.165, 1.54) is 6.33 Å². The summed E-state index contributed by atoms with van der Waals surface area (Å²) in [5.74, 6) is 1.71.